The Balaban J connectivity index is 1.99. The third-order valence-corrected chi connectivity index (χ3v) is 5.27. The lowest BCUT2D eigenvalue weighted by molar-refractivity contribution is -0.130. The average molecular weight is 340 g/mol. The van der Waals surface area contributed by atoms with Crippen LogP contribution in [0.2, 0.25) is 0 Å². The highest BCUT2D eigenvalue weighted by Gasteiger charge is 2.24. The summed E-state index contributed by atoms with van der Waals surface area (Å²) in [6.07, 6.45) is 3.68. The molecule has 0 aliphatic carbocycles. The molecule has 1 heterocycles. The van der Waals surface area contributed by atoms with Crippen LogP contribution in [0, 0.1) is 0 Å². The lowest BCUT2D eigenvalue weighted by Gasteiger charge is -2.23. The van der Waals surface area contributed by atoms with E-state index in [9.17, 15) is 13.2 Å². The van der Waals surface area contributed by atoms with Gasteiger partial charge in [0.1, 0.15) is 5.75 Å². The Labute approximate surface area is 138 Å². The van der Waals surface area contributed by atoms with E-state index in [1.807, 2.05) is 24.3 Å². The lowest BCUT2D eigenvalue weighted by Crippen LogP contribution is -2.42. The summed E-state index contributed by atoms with van der Waals surface area (Å²) in [6.45, 7) is 1.66. The van der Waals surface area contributed by atoms with Gasteiger partial charge >= 0.3 is 0 Å². The Morgan fingerprint density at radius 2 is 2.00 bits per heavy atom. The molecule has 0 saturated carbocycles. The number of carbonyl (C=O) groups excluding carboxylic acids is 1. The monoisotopic (exact) mass is 340 g/mol. The first-order chi connectivity index (χ1) is 10.9. The van der Waals surface area contributed by atoms with E-state index < -0.39 is 10.0 Å². The summed E-state index contributed by atoms with van der Waals surface area (Å²) in [6, 6.07) is 7.51. The number of sulfonamides is 1. The zero-order chi connectivity index (χ0) is 16.9. The molecule has 2 rings (SSSR count). The van der Waals surface area contributed by atoms with Gasteiger partial charge in [-0.15, -0.1) is 0 Å². The van der Waals surface area contributed by atoms with E-state index in [1.165, 1.54) is 4.31 Å². The van der Waals surface area contributed by atoms with Crippen LogP contribution in [0.25, 0.3) is 0 Å². The van der Waals surface area contributed by atoms with Crippen LogP contribution < -0.4 is 4.74 Å². The summed E-state index contributed by atoms with van der Waals surface area (Å²) in [4.78, 5) is 14.0. The largest absolute Gasteiger partial charge is 0.497 e. The summed E-state index contributed by atoms with van der Waals surface area (Å²) >= 11 is 0. The average Bonchev–Trinajstić information content (AvgIpc) is 3.04. The van der Waals surface area contributed by atoms with Crippen molar-refractivity contribution in [3.05, 3.63) is 29.8 Å². The quantitative estimate of drug-likeness (QED) is 0.746. The van der Waals surface area contributed by atoms with Gasteiger partial charge in [0.15, 0.2) is 0 Å². The highest BCUT2D eigenvalue weighted by atomic mass is 32.2. The van der Waals surface area contributed by atoms with Gasteiger partial charge in [0.2, 0.25) is 15.9 Å². The van der Waals surface area contributed by atoms with Crippen LogP contribution in [0.15, 0.2) is 24.3 Å². The first-order valence-corrected chi connectivity index (χ1v) is 9.61. The fourth-order valence-corrected chi connectivity index (χ4v) is 3.43. The number of ether oxygens (including phenoxy) is 1. The fourth-order valence-electron chi connectivity index (χ4n) is 2.66. The van der Waals surface area contributed by atoms with E-state index in [1.54, 1.807) is 12.0 Å². The highest BCUT2D eigenvalue weighted by molar-refractivity contribution is 7.88. The van der Waals surface area contributed by atoms with Crippen molar-refractivity contribution in [1.29, 1.82) is 0 Å². The maximum Gasteiger partial charge on any atom is 0.237 e. The lowest BCUT2D eigenvalue weighted by atomic mass is 10.1. The second-order valence-corrected chi connectivity index (χ2v) is 7.77. The summed E-state index contributed by atoms with van der Waals surface area (Å²) in [7, 11) is -1.83. The van der Waals surface area contributed by atoms with Crippen LogP contribution in [0.1, 0.15) is 18.4 Å². The number of carbonyl (C=O) groups is 1. The van der Waals surface area contributed by atoms with E-state index in [4.69, 9.17) is 4.74 Å². The Hall–Kier alpha value is -1.60. The molecule has 0 radical (unpaired) electrons. The van der Waals surface area contributed by atoms with E-state index >= 15 is 0 Å². The van der Waals surface area contributed by atoms with Gasteiger partial charge in [-0.3, -0.25) is 4.79 Å². The topological polar surface area (TPSA) is 66.9 Å². The molecule has 7 heteroatoms. The van der Waals surface area contributed by atoms with Crippen LogP contribution in [-0.4, -0.2) is 63.1 Å². The molecule has 0 unspecified atom stereocenters. The number of benzene rings is 1. The number of amides is 1. The molecule has 1 aliphatic heterocycles. The van der Waals surface area contributed by atoms with E-state index in [-0.39, 0.29) is 19.0 Å². The molecule has 1 aliphatic rings. The Morgan fingerprint density at radius 3 is 2.61 bits per heavy atom. The van der Waals surface area contributed by atoms with Crippen molar-refractivity contribution < 1.29 is 17.9 Å². The Morgan fingerprint density at radius 1 is 1.30 bits per heavy atom. The minimum atomic E-state index is -3.42. The van der Waals surface area contributed by atoms with Gasteiger partial charge in [0, 0.05) is 19.6 Å². The van der Waals surface area contributed by atoms with Crippen LogP contribution in [0.3, 0.4) is 0 Å². The van der Waals surface area contributed by atoms with Gasteiger partial charge in [0.05, 0.1) is 19.9 Å². The molecule has 0 N–H and O–H groups in total. The van der Waals surface area contributed by atoms with Gasteiger partial charge < -0.3 is 9.64 Å². The molecule has 0 aromatic heterocycles. The molecule has 1 aromatic carbocycles. The maximum atomic E-state index is 12.2. The molecular formula is C16H24N2O4S. The van der Waals surface area contributed by atoms with Crippen molar-refractivity contribution in [2.45, 2.75) is 19.3 Å². The molecular weight excluding hydrogens is 316 g/mol. The number of likely N-dealkylation sites (tertiary alicyclic amines) is 1. The van der Waals surface area contributed by atoms with E-state index in [0.717, 1.165) is 43.5 Å². The van der Waals surface area contributed by atoms with Crippen molar-refractivity contribution in [3.8, 4) is 5.75 Å². The Kier molecular flexibility index (Phi) is 6.01. The first-order valence-electron chi connectivity index (χ1n) is 7.76. The molecule has 1 fully saturated rings. The molecule has 128 valence electrons. The molecule has 0 bridgehead atoms. The number of methoxy groups -OCH3 is 1. The second kappa shape index (κ2) is 7.79. The molecule has 6 nitrogen and oxygen atoms in total. The van der Waals surface area contributed by atoms with Gasteiger partial charge in [0.25, 0.3) is 0 Å². The van der Waals surface area contributed by atoms with Crippen molar-refractivity contribution in [2.75, 3.05) is 39.5 Å². The summed E-state index contributed by atoms with van der Waals surface area (Å²) < 4.78 is 30.3. The molecule has 1 amide bonds. The van der Waals surface area contributed by atoms with Crippen molar-refractivity contribution in [2.24, 2.45) is 0 Å². The van der Waals surface area contributed by atoms with Crippen molar-refractivity contribution >= 4 is 15.9 Å². The second-order valence-electron chi connectivity index (χ2n) is 5.79. The van der Waals surface area contributed by atoms with Crippen LogP contribution in [-0.2, 0) is 21.2 Å². The van der Waals surface area contributed by atoms with E-state index in [0.29, 0.717) is 6.42 Å². The molecule has 0 spiro atoms. The molecule has 23 heavy (non-hydrogen) atoms. The Bertz CT molecular complexity index is 639. The minimum Gasteiger partial charge on any atom is -0.497 e. The number of nitrogens with zero attached hydrogens (tertiary/aromatic N) is 2. The summed E-state index contributed by atoms with van der Waals surface area (Å²) in [5.74, 6) is 0.625. The summed E-state index contributed by atoms with van der Waals surface area (Å²) in [5.41, 5.74) is 0.978. The molecule has 0 atom stereocenters. The van der Waals surface area contributed by atoms with E-state index in [2.05, 4.69) is 0 Å². The zero-order valence-corrected chi connectivity index (χ0v) is 14.5. The van der Waals surface area contributed by atoms with Crippen molar-refractivity contribution in [3.63, 3.8) is 0 Å². The fraction of sp³-hybridized carbons (Fsp3) is 0.562. The normalized spacial score (nSPS) is 15.2. The minimum absolute atomic E-state index is 0.0806. The van der Waals surface area contributed by atoms with Gasteiger partial charge in [-0.1, -0.05) is 12.1 Å². The van der Waals surface area contributed by atoms with Crippen LogP contribution in [0.4, 0.5) is 0 Å². The predicted molar refractivity (Wildman–Crippen MR) is 88.9 cm³/mol. The zero-order valence-electron chi connectivity index (χ0n) is 13.7. The number of hydrogen-bond acceptors (Lipinski definition) is 4. The van der Waals surface area contributed by atoms with Gasteiger partial charge in [-0.2, -0.15) is 4.31 Å². The number of hydrogen-bond donors (Lipinski definition) is 0. The number of rotatable bonds is 7. The van der Waals surface area contributed by atoms with Crippen LogP contribution in [0.5, 0.6) is 5.75 Å². The summed E-state index contributed by atoms with van der Waals surface area (Å²) in [5, 5.41) is 0. The maximum absolute atomic E-state index is 12.2. The predicted octanol–water partition coefficient (Wildman–Crippen LogP) is 1.12. The molecule has 1 aromatic rings. The standard InChI is InChI=1S/C16H24N2O4S/c1-22-15-7-5-6-14(12-15)8-11-18(23(2,20)21)13-16(19)17-9-3-4-10-17/h5-7,12H,3-4,8-11,13H2,1-2H3. The van der Waals surface area contributed by atoms with Crippen molar-refractivity contribution in [1.82, 2.24) is 9.21 Å². The highest BCUT2D eigenvalue weighted by Crippen LogP contribution is 2.14. The third-order valence-electron chi connectivity index (χ3n) is 4.02. The van der Waals surface area contributed by atoms with Gasteiger partial charge in [-0.05, 0) is 37.0 Å². The third kappa shape index (κ3) is 5.21. The smallest absolute Gasteiger partial charge is 0.237 e. The van der Waals surface area contributed by atoms with Gasteiger partial charge in [-0.25, -0.2) is 8.42 Å². The first kappa shape index (κ1) is 17.7. The molecule has 1 saturated heterocycles. The SMILES string of the molecule is COc1cccc(CCN(CC(=O)N2CCCC2)S(C)(=O)=O)c1. The van der Waals surface area contributed by atoms with Crippen LogP contribution >= 0.6 is 0 Å².